The minimum absolute atomic E-state index is 0.146. The number of amides is 1. The van der Waals surface area contributed by atoms with Gasteiger partial charge in [0.05, 0.1) is 6.04 Å². The van der Waals surface area contributed by atoms with Crippen LogP contribution in [-0.2, 0) is 11.2 Å². The van der Waals surface area contributed by atoms with E-state index >= 15 is 0 Å². The van der Waals surface area contributed by atoms with Crippen LogP contribution in [0.5, 0.6) is 11.5 Å². The number of phenolic OH excluding ortho intramolecular Hbond substituents is 2. The Kier molecular flexibility index (Phi) is 4.45. The lowest BCUT2D eigenvalue weighted by Crippen LogP contribution is -2.43. The highest BCUT2D eigenvalue weighted by atomic mass is 16.3. The van der Waals surface area contributed by atoms with Crippen LogP contribution in [0.3, 0.4) is 0 Å². The van der Waals surface area contributed by atoms with E-state index in [2.05, 4.69) is 0 Å². The van der Waals surface area contributed by atoms with Gasteiger partial charge in [-0.25, -0.2) is 0 Å². The predicted molar refractivity (Wildman–Crippen MR) is 81.3 cm³/mol. The van der Waals surface area contributed by atoms with Crippen LogP contribution in [0, 0.1) is 0 Å². The Hall–Kier alpha value is -2.53. The summed E-state index contributed by atoms with van der Waals surface area (Å²) in [7, 11) is 1.64. The molecule has 0 saturated heterocycles. The quantitative estimate of drug-likeness (QED) is 0.797. The van der Waals surface area contributed by atoms with Crippen LogP contribution in [0.15, 0.2) is 48.5 Å². The summed E-state index contributed by atoms with van der Waals surface area (Å²) in [5.74, 6) is 0.113. The van der Waals surface area contributed by atoms with E-state index in [4.69, 9.17) is 5.73 Å². The van der Waals surface area contributed by atoms with Crippen molar-refractivity contribution in [3.05, 3.63) is 54.1 Å². The van der Waals surface area contributed by atoms with Crippen molar-refractivity contribution in [1.29, 1.82) is 0 Å². The summed E-state index contributed by atoms with van der Waals surface area (Å²) in [5.41, 5.74) is 7.50. The maximum absolute atomic E-state index is 12.3. The number of hydrogen-bond donors (Lipinski definition) is 3. The Labute approximate surface area is 123 Å². The van der Waals surface area contributed by atoms with Gasteiger partial charge in [0.15, 0.2) is 0 Å². The van der Waals surface area contributed by atoms with Gasteiger partial charge < -0.3 is 20.8 Å². The standard InChI is InChI=1S/C16H18N2O3/c1-18(12-4-8-14(20)9-5-12)16(21)15(17)10-11-2-6-13(19)7-3-11/h2-9,15,19-20H,10,17H2,1H3/t15-/m1/s1. The van der Waals surface area contributed by atoms with Crippen LogP contribution in [0.2, 0.25) is 0 Å². The first-order valence-electron chi connectivity index (χ1n) is 6.57. The second-order valence-electron chi connectivity index (χ2n) is 4.89. The van der Waals surface area contributed by atoms with E-state index in [1.807, 2.05) is 0 Å². The second kappa shape index (κ2) is 6.28. The molecule has 2 aromatic rings. The molecule has 5 nitrogen and oxygen atoms in total. The second-order valence-corrected chi connectivity index (χ2v) is 4.89. The minimum Gasteiger partial charge on any atom is -0.508 e. The average Bonchev–Trinajstić information content (AvgIpc) is 2.49. The normalized spacial score (nSPS) is 11.9. The zero-order valence-corrected chi connectivity index (χ0v) is 11.7. The van der Waals surface area contributed by atoms with Gasteiger partial charge in [-0.15, -0.1) is 0 Å². The van der Waals surface area contributed by atoms with Crippen LogP contribution >= 0.6 is 0 Å². The van der Waals surface area contributed by atoms with Crippen molar-refractivity contribution in [3.63, 3.8) is 0 Å². The number of likely N-dealkylation sites (N-methyl/N-ethyl adjacent to an activating group) is 1. The van der Waals surface area contributed by atoms with E-state index in [1.54, 1.807) is 43.4 Å². The van der Waals surface area contributed by atoms with Crippen molar-refractivity contribution in [2.45, 2.75) is 12.5 Å². The number of nitrogens with zero attached hydrogens (tertiary/aromatic N) is 1. The first-order chi connectivity index (χ1) is 9.97. The predicted octanol–water partition coefficient (Wildman–Crippen LogP) is 1.63. The molecule has 1 atom stereocenters. The monoisotopic (exact) mass is 286 g/mol. The number of anilines is 1. The minimum atomic E-state index is -0.673. The summed E-state index contributed by atoms with van der Waals surface area (Å²) in [4.78, 5) is 13.8. The molecule has 110 valence electrons. The van der Waals surface area contributed by atoms with Crippen molar-refractivity contribution in [2.24, 2.45) is 5.73 Å². The highest BCUT2D eigenvalue weighted by molar-refractivity contribution is 5.96. The molecule has 5 heteroatoms. The van der Waals surface area contributed by atoms with Gasteiger partial charge in [0.1, 0.15) is 11.5 Å². The van der Waals surface area contributed by atoms with Gasteiger partial charge in [-0.2, -0.15) is 0 Å². The summed E-state index contributed by atoms with van der Waals surface area (Å²) < 4.78 is 0. The SMILES string of the molecule is CN(C(=O)[C@H](N)Cc1ccc(O)cc1)c1ccc(O)cc1. The Balaban J connectivity index is 2.04. The van der Waals surface area contributed by atoms with E-state index in [1.165, 1.54) is 17.0 Å². The number of phenols is 2. The van der Waals surface area contributed by atoms with Crippen LogP contribution in [0.4, 0.5) is 5.69 Å². The van der Waals surface area contributed by atoms with E-state index in [-0.39, 0.29) is 17.4 Å². The molecule has 2 aromatic carbocycles. The van der Waals surface area contributed by atoms with Gasteiger partial charge in [-0.3, -0.25) is 4.79 Å². The summed E-state index contributed by atoms with van der Waals surface area (Å²) in [6.07, 6.45) is 0.390. The first kappa shape index (κ1) is 14.9. The maximum Gasteiger partial charge on any atom is 0.243 e. The Morgan fingerprint density at radius 3 is 2.05 bits per heavy atom. The van der Waals surface area contributed by atoms with Gasteiger partial charge in [0, 0.05) is 12.7 Å². The van der Waals surface area contributed by atoms with Crippen molar-refractivity contribution in [3.8, 4) is 11.5 Å². The largest absolute Gasteiger partial charge is 0.508 e. The number of aromatic hydroxyl groups is 2. The van der Waals surface area contributed by atoms with E-state index in [0.717, 1.165) is 5.56 Å². The fraction of sp³-hybridized carbons (Fsp3) is 0.188. The Bertz CT molecular complexity index is 608. The highest BCUT2D eigenvalue weighted by Gasteiger charge is 2.19. The summed E-state index contributed by atoms with van der Waals surface area (Å²) in [5, 5.41) is 18.5. The number of carbonyl (C=O) groups excluding carboxylic acids is 1. The maximum atomic E-state index is 12.3. The number of rotatable bonds is 4. The van der Waals surface area contributed by atoms with Gasteiger partial charge in [0.25, 0.3) is 0 Å². The van der Waals surface area contributed by atoms with E-state index < -0.39 is 6.04 Å². The molecule has 0 fully saturated rings. The molecule has 0 bridgehead atoms. The topological polar surface area (TPSA) is 86.8 Å². The zero-order chi connectivity index (χ0) is 15.4. The molecule has 0 unspecified atom stereocenters. The summed E-state index contributed by atoms with van der Waals surface area (Å²) in [6.45, 7) is 0. The summed E-state index contributed by atoms with van der Waals surface area (Å²) >= 11 is 0. The van der Waals surface area contributed by atoms with Crippen molar-refractivity contribution < 1.29 is 15.0 Å². The fourth-order valence-corrected chi connectivity index (χ4v) is 2.03. The third kappa shape index (κ3) is 3.73. The number of hydrogen-bond acceptors (Lipinski definition) is 4. The lowest BCUT2D eigenvalue weighted by molar-refractivity contribution is -0.119. The highest BCUT2D eigenvalue weighted by Crippen LogP contribution is 2.18. The van der Waals surface area contributed by atoms with Gasteiger partial charge in [-0.05, 0) is 48.4 Å². The average molecular weight is 286 g/mol. The van der Waals surface area contributed by atoms with Crippen molar-refractivity contribution in [2.75, 3.05) is 11.9 Å². The molecule has 0 heterocycles. The lowest BCUT2D eigenvalue weighted by atomic mass is 10.1. The molecular formula is C16H18N2O3. The number of carbonyl (C=O) groups is 1. The van der Waals surface area contributed by atoms with E-state index in [9.17, 15) is 15.0 Å². The van der Waals surface area contributed by atoms with Gasteiger partial charge in [0.2, 0.25) is 5.91 Å². The van der Waals surface area contributed by atoms with Crippen molar-refractivity contribution in [1.82, 2.24) is 0 Å². The van der Waals surface area contributed by atoms with Crippen LogP contribution in [0.1, 0.15) is 5.56 Å². The molecule has 0 aliphatic rings. The van der Waals surface area contributed by atoms with Crippen LogP contribution in [-0.4, -0.2) is 29.2 Å². The third-order valence-electron chi connectivity index (χ3n) is 3.28. The Morgan fingerprint density at radius 2 is 1.52 bits per heavy atom. The molecule has 0 radical (unpaired) electrons. The molecule has 2 rings (SSSR count). The van der Waals surface area contributed by atoms with Crippen LogP contribution in [0.25, 0.3) is 0 Å². The molecule has 4 N–H and O–H groups in total. The van der Waals surface area contributed by atoms with Gasteiger partial charge in [-0.1, -0.05) is 12.1 Å². The number of benzene rings is 2. The van der Waals surface area contributed by atoms with E-state index in [0.29, 0.717) is 12.1 Å². The summed E-state index contributed by atoms with van der Waals surface area (Å²) in [6, 6.07) is 12.3. The molecule has 0 aliphatic carbocycles. The third-order valence-corrected chi connectivity index (χ3v) is 3.28. The molecular weight excluding hydrogens is 268 g/mol. The van der Waals surface area contributed by atoms with Crippen LogP contribution < -0.4 is 10.6 Å². The molecule has 21 heavy (non-hydrogen) atoms. The Morgan fingerprint density at radius 1 is 1.05 bits per heavy atom. The molecule has 1 amide bonds. The molecule has 0 aromatic heterocycles. The molecule has 0 spiro atoms. The lowest BCUT2D eigenvalue weighted by Gasteiger charge is -2.21. The van der Waals surface area contributed by atoms with Crippen molar-refractivity contribution >= 4 is 11.6 Å². The molecule has 0 saturated carbocycles. The molecule has 0 aliphatic heterocycles. The number of nitrogens with two attached hydrogens (primary N) is 1. The van der Waals surface area contributed by atoms with Gasteiger partial charge >= 0.3 is 0 Å². The first-order valence-corrected chi connectivity index (χ1v) is 6.57. The fourth-order valence-electron chi connectivity index (χ4n) is 2.03. The zero-order valence-electron chi connectivity index (χ0n) is 11.7. The smallest absolute Gasteiger partial charge is 0.243 e.